The summed E-state index contributed by atoms with van der Waals surface area (Å²) in [6.07, 6.45) is 8.26. The van der Waals surface area contributed by atoms with E-state index >= 15 is 0 Å². The summed E-state index contributed by atoms with van der Waals surface area (Å²) in [5, 5.41) is 6.13. The van der Waals surface area contributed by atoms with Crippen LogP contribution in [0.25, 0.3) is 25.7 Å². The number of nitrogens with one attached hydrogen (secondary N) is 1. The molecular formula is C24H25NS. The zero-order valence-corrected chi connectivity index (χ0v) is 16.5. The highest BCUT2D eigenvalue weighted by Crippen LogP contribution is 2.43. The second kappa shape index (κ2) is 6.77. The predicted molar refractivity (Wildman–Crippen MR) is 117 cm³/mol. The van der Waals surface area contributed by atoms with Gasteiger partial charge in [-0.1, -0.05) is 69.8 Å². The van der Waals surface area contributed by atoms with Crippen molar-refractivity contribution < 1.29 is 0 Å². The Balaban J connectivity index is 2.07. The monoisotopic (exact) mass is 359 g/mol. The molecular weight excluding hydrogens is 334 g/mol. The molecule has 1 atom stereocenters. The summed E-state index contributed by atoms with van der Waals surface area (Å²) in [6, 6.07) is 11.4. The Labute approximate surface area is 159 Å². The molecule has 0 unspecified atom stereocenters. The van der Waals surface area contributed by atoms with E-state index < -0.39 is 0 Å². The molecule has 0 fully saturated rings. The zero-order chi connectivity index (χ0) is 18.3. The highest BCUT2D eigenvalue weighted by atomic mass is 32.1. The zero-order valence-electron chi connectivity index (χ0n) is 15.7. The van der Waals surface area contributed by atoms with E-state index in [0.717, 1.165) is 12.1 Å². The fourth-order valence-corrected chi connectivity index (χ4v) is 5.38. The molecule has 4 rings (SSSR count). The second-order valence-corrected chi connectivity index (χ2v) is 8.46. The summed E-state index contributed by atoms with van der Waals surface area (Å²) >= 11 is 1.93. The molecule has 2 aromatic carbocycles. The van der Waals surface area contributed by atoms with Crippen molar-refractivity contribution in [3.8, 4) is 0 Å². The van der Waals surface area contributed by atoms with Gasteiger partial charge in [-0.15, -0.1) is 11.3 Å². The van der Waals surface area contributed by atoms with Crippen molar-refractivity contribution in [1.82, 2.24) is 5.32 Å². The summed E-state index contributed by atoms with van der Waals surface area (Å²) in [4.78, 5) is 0. The highest BCUT2D eigenvalue weighted by molar-refractivity contribution is 7.26. The third-order valence-corrected chi connectivity index (χ3v) is 6.54. The van der Waals surface area contributed by atoms with Gasteiger partial charge in [-0.3, -0.25) is 0 Å². The molecule has 1 nitrogen and oxygen atoms in total. The van der Waals surface area contributed by atoms with Gasteiger partial charge in [-0.2, -0.15) is 0 Å². The number of rotatable bonds is 1. The number of thiophene rings is 1. The standard InChI is InChI=1S/C24H25NS/c1-15(2)18-9-7-10-20-21-12-11-19-17(4)14-25-13-6-5-8-16(3)22(19)24(21)26-23(18)20/h5-13,15,17,25H,3,14H2,1-2,4H3/b8-5-,13-6-/t17-/m0/s1. The first-order valence-electron chi connectivity index (χ1n) is 9.32. The minimum absolute atomic E-state index is 0.428. The van der Waals surface area contributed by atoms with Gasteiger partial charge >= 0.3 is 0 Å². The summed E-state index contributed by atoms with van der Waals surface area (Å²) in [5.41, 5.74) is 5.24. The summed E-state index contributed by atoms with van der Waals surface area (Å²) in [6.45, 7) is 12.2. The van der Waals surface area contributed by atoms with E-state index in [1.54, 1.807) is 0 Å². The van der Waals surface area contributed by atoms with Gasteiger partial charge in [0.05, 0.1) is 0 Å². The van der Waals surface area contributed by atoms with Crippen molar-refractivity contribution in [2.45, 2.75) is 32.6 Å². The quantitative estimate of drug-likeness (QED) is 0.495. The van der Waals surface area contributed by atoms with Crippen LogP contribution < -0.4 is 5.32 Å². The molecule has 132 valence electrons. The van der Waals surface area contributed by atoms with E-state index in [-0.39, 0.29) is 0 Å². The van der Waals surface area contributed by atoms with Crippen molar-refractivity contribution >= 4 is 37.1 Å². The molecule has 0 saturated heterocycles. The molecule has 2 heteroatoms. The van der Waals surface area contributed by atoms with Crippen LogP contribution >= 0.6 is 11.3 Å². The lowest BCUT2D eigenvalue weighted by molar-refractivity contribution is 0.700. The highest BCUT2D eigenvalue weighted by Gasteiger charge is 2.19. The molecule has 0 amide bonds. The minimum Gasteiger partial charge on any atom is -0.390 e. The maximum atomic E-state index is 4.41. The van der Waals surface area contributed by atoms with Crippen molar-refractivity contribution in [1.29, 1.82) is 0 Å². The first kappa shape index (κ1) is 17.1. The van der Waals surface area contributed by atoms with Gasteiger partial charge in [0.15, 0.2) is 0 Å². The van der Waals surface area contributed by atoms with E-state index in [9.17, 15) is 0 Å². The smallest absolute Gasteiger partial charge is 0.0436 e. The Morgan fingerprint density at radius 2 is 1.88 bits per heavy atom. The Hall–Kier alpha value is -2.32. The number of hydrogen-bond acceptors (Lipinski definition) is 2. The molecule has 0 aliphatic carbocycles. The van der Waals surface area contributed by atoms with Crippen LogP contribution in [0.4, 0.5) is 0 Å². The molecule has 1 aliphatic rings. The molecule has 0 bridgehead atoms. The van der Waals surface area contributed by atoms with E-state index in [4.69, 9.17) is 0 Å². The van der Waals surface area contributed by atoms with E-state index in [2.05, 4.69) is 75.2 Å². The normalized spacial score (nSPS) is 20.2. The van der Waals surface area contributed by atoms with Crippen molar-refractivity contribution in [2.24, 2.45) is 0 Å². The van der Waals surface area contributed by atoms with Crippen LogP contribution in [0.1, 0.15) is 49.3 Å². The summed E-state index contributed by atoms with van der Waals surface area (Å²) < 4.78 is 2.79. The lowest BCUT2D eigenvalue weighted by atomic mass is 9.89. The maximum absolute atomic E-state index is 4.41. The van der Waals surface area contributed by atoms with Crippen LogP contribution in [-0.4, -0.2) is 6.54 Å². The van der Waals surface area contributed by atoms with Crippen LogP contribution in [0.2, 0.25) is 0 Å². The van der Waals surface area contributed by atoms with Crippen LogP contribution in [0.5, 0.6) is 0 Å². The molecule has 0 saturated carbocycles. The number of allylic oxidation sites excluding steroid dienone is 4. The molecule has 2 heterocycles. The lowest BCUT2D eigenvalue weighted by Gasteiger charge is -2.18. The average molecular weight is 360 g/mol. The molecule has 0 radical (unpaired) electrons. The van der Waals surface area contributed by atoms with Crippen molar-refractivity contribution in [2.75, 3.05) is 6.54 Å². The number of hydrogen-bond donors (Lipinski definition) is 1. The minimum atomic E-state index is 0.428. The largest absolute Gasteiger partial charge is 0.390 e. The predicted octanol–water partition coefficient (Wildman–Crippen LogP) is 6.97. The van der Waals surface area contributed by atoms with Gasteiger partial charge in [-0.25, -0.2) is 0 Å². The Morgan fingerprint density at radius 3 is 2.69 bits per heavy atom. The van der Waals surface area contributed by atoms with Gasteiger partial charge in [0.1, 0.15) is 0 Å². The van der Waals surface area contributed by atoms with E-state index in [0.29, 0.717) is 11.8 Å². The first-order valence-corrected chi connectivity index (χ1v) is 10.1. The first-order chi connectivity index (χ1) is 12.6. The van der Waals surface area contributed by atoms with Crippen molar-refractivity contribution in [3.05, 3.63) is 78.0 Å². The van der Waals surface area contributed by atoms with Gasteiger partial charge in [0, 0.05) is 32.3 Å². The summed E-state index contributed by atoms with van der Waals surface area (Å²) in [7, 11) is 0. The average Bonchev–Trinajstić information content (AvgIpc) is 3.01. The molecule has 1 N–H and O–H groups in total. The lowest BCUT2D eigenvalue weighted by Crippen LogP contribution is -2.15. The van der Waals surface area contributed by atoms with E-state index in [1.165, 1.54) is 36.9 Å². The molecule has 1 aliphatic heterocycles. The Morgan fingerprint density at radius 1 is 1.08 bits per heavy atom. The molecule has 26 heavy (non-hydrogen) atoms. The van der Waals surface area contributed by atoms with Crippen LogP contribution in [-0.2, 0) is 0 Å². The maximum Gasteiger partial charge on any atom is 0.0436 e. The molecule has 0 spiro atoms. The fraction of sp³-hybridized carbons (Fsp3) is 0.250. The Bertz CT molecular complexity index is 1050. The van der Waals surface area contributed by atoms with Gasteiger partial charge in [-0.05, 0) is 40.8 Å². The fourth-order valence-electron chi connectivity index (χ4n) is 3.83. The number of fused-ring (bicyclic) bond motifs is 5. The topological polar surface area (TPSA) is 12.0 Å². The van der Waals surface area contributed by atoms with E-state index in [1.807, 2.05) is 23.6 Å². The second-order valence-electron chi connectivity index (χ2n) is 7.44. The van der Waals surface area contributed by atoms with Crippen LogP contribution in [0.15, 0.2) is 61.3 Å². The van der Waals surface area contributed by atoms with Gasteiger partial charge in [0.25, 0.3) is 0 Å². The van der Waals surface area contributed by atoms with Gasteiger partial charge in [0.2, 0.25) is 0 Å². The Kier molecular flexibility index (Phi) is 4.46. The van der Waals surface area contributed by atoms with Crippen LogP contribution in [0, 0.1) is 0 Å². The molecule has 3 aromatic rings. The third-order valence-electron chi connectivity index (χ3n) is 5.25. The third kappa shape index (κ3) is 2.79. The number of benzene rings is 2. The van der Waals surface area contributed by atoms with Gasteiger partial charge < -0.3 is 5.32 Å². The van der Waals surface area contributed by atoms with Crippen molar-refractivity contribution in [3.63, 3.8) is 0 Å². The SMILES string of the molecule is C=C1/C=C\C=C/NC[C@H](C)c2ccc3c(sc4c(C(C)C)cccc43)c21. The molecule has 1 aromatic heterocycles. The summed E-state index contributed by atoms with van der Waals surface area (Å²) in [5.74, 6) is 0.953. The van der Waals surface area contributed by atoms with Crippen LogP contribution in [0.3, 0.4) is 0 Å².